The number of piperidine rings is 1. The zero-order valence-corrected chi connectivity index (χ0v) is 30.0. The van der Waals surface area contributed by atoms with Crippen molar-refractivity contribution in [1.82, 2.24) is 25.6 Å². The van der Waals surface area contributed by atoms with Gasteiger partial charge in [0.15, 0.2) is 0 Å². The first kappa shape index (κ1) is 42.4. The fraction of sp³-hybridized carbons (Fsp3) is 0.667. The van der Waals surface area contributed by atoms with Gasteiger partial charge in [0.2, 0.25) is 23.6 Å². The molecular weight excluding hydrogens is 582 g/mol. The summed E-state index contributed by atoms with van der Waals surface area (Å²) in [6, 6.07) is 7.64. The average molecular weight is 646 g/mol. The molecule has 10 nitrogen and oxygen atoms in total. The summed E-state index contributed by atoms with van der Waals surface area (Å²) in [5, 5.41) is 8.57. The van der Waals surface area contributed by atoms with Crippen LogP contribution in [-0.4, -0.2) is 72.6 Å². The zero-order chi connectivity index (χ0) is 34.7. The number of hydrogen-bond acceptors (Lipinski definition) is 5. The van der Waals surface area contributed by atoms with Gasteiger partial charge in [0.05, 0.1) is 25.2 Å². The minimum absolute atomic E-state index is 0.154. The molecule has 0 spiro atoms. The van der Waals surface area contributed by atoms with Crippen LogP contribution >= 0.6 is 0 Å². The molecule has 0 saturated carbocycles. The van der Waals surface area contributed by atoms with Crippen molar-refractivity contribution in [2.75, 3.05) is 33.3 Å². The standard InChI is InChI=1S/C12H18N4O4.C10H11NO.C8H18.C4H10.C2H6/c17-9-5-13-10(18)6-15-12(20)8-3-1-2-4-16(8)11(19)7-14-9;1-8-7-11(12-2)10-6-4-3-5-9(8)10;1-3-5-7-8-6-4-2;1-3-4-2;1-2/h8H,1-7H2,(H,13,18)(H,14,17)(H,15,20);3-7H,1-2H3;3-8H2,1-2H3;3-4H2,1-2H3;1-2H3. The van der Waals surface area contributed by atoms with Gasteiger partial charge in [-0.25, -0.2) is 0 Å². The van der Waals surface area contributed by atoms with Gasteiger partial charge < -0.3 is 25.7 Å². The minimum atomic E-state index is -0.555. The minimum Gasteiger partial charge on any atom is -0.417 e. The molecule has 3 N–H and O–H groups in total. The van der Waals surface area contributed by atoms with Crippen LogP contribution in [0.15, 0.2) is 30.5 Å². The van der Waals surface area contributed by atoms with Crippen molar-refractivity contribution in [3.8, 4) is 0 Å². The van der Waals surface area contributed by atoms with Crippen LogP contribution in [0.25, 0.3) is 10.9 Å². The van der Waals surface area contributed by atoms with Crippen LogP contribution in [0.3, 0.4) is 0 Å². The van der Waals surface area contributed by atoms with E-state index >= 15 is 0 Å². The molecule has 4 rings (SSSR count). The van der Waals surface area contributed by atoms with E-state index in [-0.39, 0.29) is 31.4 Å². The molecule has 1 aromatic carbocycles. The number of para-hydroxylation sites is 1. The van der Waals surface area contributed by atoms with Crippen molar-refractivity contribution in [2.24, 2.45) is 0 Å². The monoisotopic (exact) mass is 645 g/mol. The molecule has 2 aliphatic rings. The van der Waals surface area contributed by atoms with Crippen LogP contribution in [0, 0.1) is 6.92 Å². The van der Waals surface area contributed by atoms with E-state index in [9.17, 15) is 19.2 Å². The highest BCUT2D eigenvalue weighted by Gasteiger charge is 2.32. The second kappa shape index (κ2) is 26.6. The number of nitrogens with one attached hydrogen (secondary N) is 3. The van der Waals surface area contributed by atoms with Crippen molar-refractivity contribution in [1.29, 1.82) is 0 Å². The Bertz CT molecular complexity index is 1090. The molecule has 2 aliphatic heterocycles. The summed E-state index contributed by atoms with van der Waals surface area (Å²) >= 11 is 0. The maximum Gasteiger partial charge on any atom is 0.243 e. The molecule has 2 aromatic rings. The second-order valence-corrected chi connectivity index (χ2v) is 11.1. The molecule has 262 valence electrons. The van der Waals surface area contributed by atoms with Gasteiger partial charge in [-0.1, -0.05) is 111 Å². The fourth-order valence-electron chi connectivity index (χ4n) is 4.69. The lowest BCUT2D eigenvalue weighted by Crippen LogP contribution is -2.56. The number of amides is 4. The lowest BCUT2D eigenvalue weighted by molar-refractivity contribution is -0.143. The summed E-state index contributed by atoms with van der Waals surface area (Å²) in [6.07, 6.45) is 15.4. The second-order valence-electron chi connectivity index (χ2n) is 11.1. The van der Waals surface area contributed by atoms with Crippen LogP contribution in [0.5, 0.6) is 0 Å². The Morgan fingerprint density at radius 1 is 0.761 bits per heavy atom. The van der Waals surface area contributed by atoms with E-state index in [1.165, 1.54) is 67.2 Å². The third-order valence-corrected chi connectivity index (χ3v) is 7.46. The highest BCUT2D eigenvalue weighted by Crippen LogP contribution is 2.19. The summed E-state index contributed by atoms with van der Waals surface area (Å²) in [6.45, 7) is 14.9. The third-order valence-electron chi connectivity index (χ3n) is 7.46. The first-order chi connectivity index (χ1) is 22.2. The summed E-state index contributed by atoms with van der Waals surface area (Å²) < 4.78 is 1.78. The van der Waals surface area contributed by atoms with Crippen LogP contribution in [-0.2, 0) is 19.2 Å². The Hall–Kier alpha value is -3.56. The van der Waals surface area contributed by atoms with Crippen molar-refractivity contribution in [3.63, 3.8) is 0 Å². The molecule has 10 heteroatoms. The molecule has 0 aliphatic carbocycles. The quantitative estimate of drug-likeness (QED) is 0.322. The van der Waals surface area contributed by atoms with E-state index in [0.717, 1.165) is 18.4 Å². The maximum atomic E-state index is 12.1. The first-order valence-electron chi connectivity index (χ1n) is 17.4. The van der Waals surface area contributed by atoms with Gasteiger partial charge in [-0.2, -0.15) is 4.73 Å². The molecule has 1 aromatic heterocycles. The number of aromatic nitrogens is 1. The Morgan fingerprint density at radius 3 is 1.89 bits per heavy atom. The summed E-state index contributed by atoms with van der Waals surface area (Å²) in [7, 11) is 1.67. The average Bonchev–Trinajstić information content (AvgIpc) is 3.43. The van der Waals surface area contributed by atoms with Gasteiger partial charge in [-0.3, -0.25) is 19.2 Å². The number of unbranched alkanes of at least 4 members (excludes halogenated alkanes) is 6. The van der Waals surface area contributed by atoms with Gasteiger partial charge in [-0.05, 0) is 37.8 Å². The largest absolute Gasteiger partial charge is 0.417 e. The number of aryl methyl sites for hydroxylation is 1. The predicted molar refractivity (Wildman–Crippen MR) is 189 cm³/mol. The Morgan fingerprint density at radius 2 is 1.33 bits per heavy atom. The zero-order valence-electron chi connectivity index (χ0n) is 30.0. The highest BCUT2D eigenvalue weighted by atomic mass is 16.6. The molecule has 0 bridgehead atoms. The number of hydrogen-bond donors (Lipinski definition) is 3. The molecule has 1 unspecified atom stereocenters. The molecule has 0 radical (unpaired) electrons. The molecule has 3 heterocycles. The number of carbonyl (C=O) groups excluding carboxylic acids is 4. The van der Waals surface area contributed by atoms with Gasteiger partial charge in [0, 0.05) is 18.1 Å². The molecule has 1 atom stereocenters. The van der Waals surface area contributed by atoms with E-state index in [2.05, 4.69) is 56.6 Å². The predicted octanol–water partition coefficient (Wildman–Crippen LogP) is 5.94. The van der Waals surface area contributed by atoms with Crippen molar-refractivity contribution in [3.05, 3.63) is 36.0 Å². The van der Waals surface area contributed by atoms with E-state index in [1.54, 1.807) is 11.8 Å². The number of benzene rings is 1. The van der Waals surface area contributed by atoms with Crippen LogP contribution in [0.4, 0.5) is 0 Å². The van der Waals surface area contributed by atoms with Crippen molar-refractivity contribution < 1.29 is 24.0 Å². The van der Waals surface area contributed by atoms with Gasteiger partial charge in [0.1, 0.15) is 13.2 Å². The van der Waals surface area contributed by atoms with Crippen LogP contribution in [0.1, 0.15) is 118 Å². The summed E-state index contributed by atoms with van der Waals surface area (Å²) in [4.78, 5) is 53.6. The Kier molecular flexibility index (Phi) is 24.6. The Labute approximate surface area is 278 Å². The van der Waals surface area contributed by atoms with Crippen molar-refractivity contribution in [2.45, 2.75) is 125 Å². The first-order valence-corrected chi connectivity index (χ1v) is 17.4. The number of fused-ring (bicyclic) bond motifs is 2. The van der Waals surface area contributed by atoms with Crippen LogP contribution < -0.4 is 20.8 Å². The summed E-state index contributed by atoms with van der Waals surface area (Å²) in [5.41, 5.74) is 2.37. The van der Waals surface area contributed by atoms with Crippen LogP contribution in [0.2, 0.25) is 0 Å². The van der Waals surface area contributed by atoms with E-state index in [1.807, 2.05) is 38.2 Å². The molecule has 2 fully saturated rings. The lowest BCUT2D eigenvalue weighted by atomic mass is 10.0. The van der Waals surface area contributed by atoms with Gasteiger partial charge in [-0.15, -0.1) is 0 Å². The smallest absolute Gasteiger partial charge is 0.243 e. The number of rotatable bonds is 7. The third kappa shape index (κ3) is 16.7. The number of nitrogens with zero attached hydrogens (tertiary/aromatic N) is 2. The molecular formula is C36H63N5O5. The normalized spacial score (nSPS) is 16.3. The molecule has 2 saturated heterocycles. The van der Waals surface area contributed by atoms with Gasteiger partial charge >= 0.3 is 0 Å². The SMILES string of the molecule is CC.CCCC.CCCCCCCC.COn1cc(C)c2ccccc21.O=C1CNC(=O)CNC(=O)C2CCCCN2C(=O)CN1. The lowest BCUT2D eigenvalue weighted by Gasteiger charge is -2.35. The van der Waals surface area contributed by atoms with Crippen molar-refractivity contribution >= 4 is 34.5 Å². The molecule has 4 amide bonds. The maximum absolute atomic E-state index is 12.1. The number of carbonyl (C=O) groups is 4. The Balaban J connectivity index is 0.000000661. The summed E-state index contributed by atoms with van der Waals surface area (Å²) in [5.74, 6) is -1.44. The van der Waals surface area contributed by atoms with E-state index in [4.69, 9.17) is 4.84 Å². The van der Waals surface area contributed by atoms with Gasteiger partial charge in [0.25, 0.3) is 0 Å². The fourth-order valence-corrected chi connectivity index (χ4v) is 4.69. The molecule has 46 heavy (non-hydrogen) atoms. The van der Waals surface area contributed by atoms with E-state index in [0.29, 0.717) is 13.0 Å². The van der Waals surface area contributed by atoms with E-state index < -0.39 is 17.9 Å². The topological polar surface area (TPSA) is 122 Å². The highest BCUT2D eigenvalue weighted by molar-refractivity contribution is 5.94.